The molecule has 1 rings (SSSR count). The minimum Gasteiger partial charge on any atom is -0.481 e. The molecule has 1 aromatic carbocycles. The topological polar surface area (TPSA) is 30.5 Å². The highest BCUT2D eigenvalue weighted by molar-refractivity contribution is 5.28. The summed E-state index contributed by atoms with van der Waals surface area (Å²) in [5, 5.41) is 3.37. The van der Waals surface area contributed by atoms with Crippen LogP contribution in [0.2, 0.25) is 0 Å². The van der Waals surface area contributed by atoms with Crippen LogP contribution in [-0.2, 0) is 11.3 Å². The van der Waals surface area contributed by atoms with Gasteiger partial charge in [-0.15, -0.1) is 6.42 Å². The monoisotopic (exact) mass is 247 g/mol. The number of rotatable bonds is 9. The predicted octanol–water partition coefficient (Wildman–Crippen LogP) is 2.21. The van der Waals surface area contributed by atoms with Crippen molar-refractivity contribution in [3.05, 3.63) is 29.8 Å². The number of terminal acetylenes is 1. The highest BCUT2D eigenvalue weighted by Gasteiger charge is 1.96. The smallest absolute Gasteiger partial charge is 0.148 e. The number of benzene rings is 1. The molecule has 3 heteroatoms. The minimum absolute atomic E-state index is 0.311. The number of hydrogen-bond acceptors (Lipinski definition) is 3. The van der Waals surface area contributed by atoms with E-state index in [1.165, 1.54) is 5.56 Å². The Labute approximate surface area is 109 Å². The van der Waals surface area contributed by atoms with Gasteiger partial charge >= 0.3 is 0 Å². The first-order valence-electron chi connectivity index (χ1n) is 6.30. The zero-order valence-corrected chi connectivity index (χ0v) is 10.9. The Balaban J connectivity index is 2.23. The third-order valence-electron chi connectivity index (χ3n) is 2.40. The first-order valence-corrected chi connectivity index (χ1v) is 6.30. The standard InChI is InChI=1S/C15H21NO2/c1-3-10-18-15-8-5-7-14(12-15)13-16-9-6-11-17-4-2/h1,5,7-8,12,16H,4,6,9-11,13H2,2H3. The molecule has 1 aromatic rings. The van der Waals surface area contributed by atoms with Gasteiger partial charge in [0.1, 0.15) is 12.4 Å². The molecule has 0 aliphatic rings. The summed E-state index contributed by atoms with van der Waals surface area (Å²) in [7, 11) is 0. The fourth-order valence-corrected chi connectivity index (χ4v) is 1.55. The van der Waals surface area contributed by atoms with Crippen molar-refractivity contribution in [2.24, 2.45) is 0 Å². The number of ether oxygens (including phenoxy) is 2. The van der Waals surface area contributed by atoms with E-state index in [2.05, 4.69) is 17.3 Å². The molecule has 0 spiro atoms. The molecule has 1 N–H and O–H groups in total. The average Bonchev–Trinajstić information content (AvgIpc) is 2.41. The molecular weight excluding hydrogens is 226 g/mol. The Morgan fingerprint density at radius 3 is 3.06 bits per heavy atom. The highest BCUT2D eigenvalue weighted by atomic mass is 16.5. The van der Waals surface area contributed by atoms with Gasteiger partial charge in [0.25, 0.3) is 0 Å². The van der Waals surface area contributed by atoms with Gasteiger partial charge in [-0.1, -0.05) is 18.1 Å². The molecule has 0 radical (unpaired) electrons. The van der Waals surface area contributed by atoms with E-state index in [9.17, 15) is 0 Å². The second kappa shape index (κ2) is 9.52. The zero-order chi connectivity index (χ0) is 13.1. The van der Waals surface area contributed by atoms with E-state index < -0.39 is 0 Å². The molecule has 0 unspecified atom stereocenters. The van der Waals surface area contributed by atoms with E-state index in [1.807, 2.05) is 25.1 Å². The third kappa shape index (κ3) is 6.29. The highest BCUT2D eigenvalue weighted by Crippen LogP contribution is 2.12. The van der Waals surface area contributed by atoms with Crippen LogP contribution in [-0.4, -0.2) is 26.4 Å². The van der Waals surface area contributed by atoms with Crippen LogP contribution in [0.4, 0.5) is 0 Å². The molecule has 0 saturated carbocycles. The van der Waals surface area contributed by atoms with Crippen molar-refractivity contribution in [1.29, 1.82) is 0 Å². The van der Waals surface area contributed by atoms with E-state index in [4.69, 9.17) is 15.9 Å². The van der Waals surface area contributed by atoms with Crippen molar-refractivity contribution in [1.82, 2.24) is 5.32 Å². The van der Waals surface area contributed by atoms with Crippen molar-refractivity contribution in [2.45, 2.75) is 19.9 Å². The summed E-state index contributed by atoms with van der Waals surface area (Å²) in [6.07, 6.45) is 6.18. The summed E-state index contributed by atoms with van der Waals surface area (Å²) in [4.78, 5) is 0. The first-order chi connectivity index (χ1) is 8.86. The molecule has 98 valence electrons. The lowest BCUT2D eigenvalue weighted by atomic mass is 10.2. The third-order valence-corrected chi connectivity index (χ3v) is 2.40. The lowest BCUT2D eigenvalue weighted by Crippen LogP contribution is -2.16. The van der Waals surface area contributed by atoms with Gasteiger partial charge in [-0.25, -0.2) is 0 Å². The summed E-state index contributed by atoms with van der Waals surface area (Å²) in [5.41, 5.74) is 1.20. The van der Waals surface area contributed by atoms with Gasteiger partial charge in [0.2, 0.25) is 0 Å². The van der Waals surface area contributed by atoms with Crippen LogP contribution >= 0.6 is 0 Å². The molecule has 0 fully saturated rings. The molecule has 0 aliphatic heterocycles. The quantitative estimate of drug-likeness (QED) is 0.536. The van der Waals surface area contributed by atoms with Gasteiger partial charge in [-0.3, -0.25) is 0 Å². The molecule has 0 atom stereocenters. The van der Waals surface area contributed by atoms with Crippen LogP contribution in [0.1, 0.15) is 18.9 Å². The van der Waals surface area contributed by atoms with Gasteiger partial charge in [0, 0.05) is 19.8 Å². The van der Waals surface area contributed by atoms with Crippen LogP contribution in [0, 0.1) is 12.3 Å². The van der Waals surface area contributed by atoms with Crippen LogP contribution < -0.4 is 10.1 Å². The van der Waals surface area contributed by atoms with Gasteiger partial charge in [0.05, 0.1) is 0 Å². The largest absolute Gasteiger partial charge is 0.481 e. The zero-order valence-electron chi connectivity index (χ0n) is 10.9. The number of nitrogens with one attached hydrogen (secondary N) is 1. The van der Waals surface area contributed by atoms with Crippen molar-refractivity contribution in [3.8, 4) is 18.1 Å². The van der Waals surface area contributed by atoms with Crippen LogP contribution in [0.25, 0.3) is 0 Å². The Hall–Kier alpha value is -1.50. The number of hydrogen-bond donors (Lipinski definition) is 1. The van der Waals surface area contributed by atoms with Gasteiger partial charge in [-0.05, 0) is 37.6 Å². The Bertz CT molecular complexity index is 371. The van der Waals surface area contributed by atoms with Crippen molar-refractivity contribution >= 4 is 0 Å². The van der Waals surface area contributed by atoms with E-state index >= 15 is 0 Å². The Morgan fingerprint density at radius 1 is 1.39 bits per heavy atom. The van der Waals surface area contributed by atoms with Gasteiger partial charge in [0.15, 0.2) is 0 Å². The summed E-state index contributed by atoms with van der Waals surface area (Å²) >= 11 is 0. The van der Waals surface area contributed by atoms with Gasteiger partial charge in [-0.2, -0.15) is 0 Å². The van der Waals surface area contributed by atoms with Crippen molar-refractivity contribution in [2.75, 3.05) is 26.4 Å². The van der Waals surface area contributed by atoms with E-state index in [0.29, 0.717) is 6.61 Å². The molecule has 0 aliphatic carbocycles. The van der Waals surface area contributed by atoms with E-state index in [1.54, 1.807) is 0 Å². The summed E-state index contributed by atoms with van der Waals surface area (Å²) < 4.78 is 10.6. The maximum absolute atomic E-state index is 5.37. The lowest BCUT2D eigenvalue weighted by Gasteiger charge is -2.07. The fraction of sp³-hybridized carbons (Fsp3) is 0.467. The Kier molecular flexibility index (Phi) is 7.70. The minimum atomic E-state index is 0.311. The fourth-order valence-electron chi connectivity index (χ4n) is 1.55. The molecule has 0 amide bonds. The molecular formula is C15H21NO2. The van der Waals surface area contributed by atoms with Gasteiger partial charge < -0.3 is 14.8 Å². The second-order valence-electron chi connectivity index (χ2n) is 3.87. The average molecular weight is 247 g/mol. The normalized spacial score (nSPS) is 10.0. The van der Waals surface area contributed by atoms with Crippen LogP contribution in [0.15, 0.2) is 24.3 Å². The SMILES string of the molecule is C#CCOc1cccc(CNCCCOCC)c1. The summed E-state index contributed by atoms with van der Waals surface area (Å²) in [5.74, 6) is 3.28. The van der Waals surface area contributed by atoms with E-state index in [-0.39, 0.29) is 0 Å². The lowest BCUT2D eigenvalue weighted by molar-refractivity contribution is 0.144. The first kappa shape index (κ1) is 14.6. The second-order valence-corrected chi connectivity index (χ2v) is 3.87. The van der Waals surface area contributed by atoms with Crippen LogP contribution in [0.3, 0.4) is 0 Å². The summed E-state index contributed by atoms with van der Waals surface area (Å²) in [6.45, 7) is 5.71. The molecule has 0 saturated heterocycles. The maximum atomic E-state index is 5.37. The Morgan fingerprint density at radius 2 is 2.28 bits per heavy atom. The molecule has 3 nitrogen and oxygen atoms in total. The van der Waals surface area contributed by atoms with Crippen molar-refractivity contribution < 1.29 is 9.47 Å². The predicted molar refractivity (Wildman–Crippen MR) is 73.6 cm³/mol. The van der Waals surface area contributed by atoms with Crippen molar-refractivity contribution in [3.63, 3.8) is 0 Å². The molecule has 0 bridgehead atoms. The summed E-state index contributed by atoms with van der Waals surface area (Å²) in [6, 6.07) is 7.96. The maximum Gasteiger partial charge on any atom is 0.148 e. The molecule has 0 heterocycles. The van der Waals surface area contributed by atoms with E-state index in [0.717, 1.165) is 38.5 Å². The molecule has 0 aromatic heterocycles. The van der Waals surface area contributed by atoms with Crippen LogP contribution in [0.5, 0.6) is 5.75 Å². The molecule has 18 heavy (non-hydrogen) atoms.